The van der Waals surface area contributed by atoms with E-state index in [1.54, 1.807) is 0 Å². The van der Waals surface area contributed by atoms with Gasteiger partial charge in [-0.15, -0.1) is 21.8 Å². The van der Waals surface area contributed by atoms with Crippen molar-refractivity contribution in [1.29, 1.82) is 0 Å². The third kappa shape index (κ3) is 4.97. The number of Topliss-reactive ketones (excluding diaryl/α,β-unsaturated/α-hetero) is 1. The molecule has 0 spiro atoms. The minimum Gasteiger partial charge on any atom is -0.496 e. The molecule has 1 aliphatic heterocycles. The number of carbonyl (C=O) groups excluding carboxylic acids is 3. The summed E-state index contributed by atoms with van der Waals surface area (Å²) in [6.07, 6.45) is 4.39. The van der Waals surface area contributed by atoms with Crippen LogP contribution in [0.2, 0.25) is 0 Å². The first kappa shape index (κ1) is 21.1. The lowest BCUT2D eigenvalue weighted by Crippen LogP contribution is -2.40. The molecule has 1 aliphatic carbocycles. The summed E-state index contributed by atoms with van der Waals surface area (Å²) in [5.41, 5.74) is 3.15. The second-order valence-electron chi connectivity index (χ2n) is 7.06. The van der Waals surface area contributed by atoms with Crippen molar-refractivity contribution in [1.82, 2.24) is 15.6 Å². The third-order valence-corrected chi connectivity index (χ3v) is 6.24. The number of benzene rings is 1. The minimum atomic E-state index is -1.01. The van der Waals surface area contributed by atoms with Crippen LogP contribution in [-0.4, -0.2) is 45.5 Å². The number of carbonyl (C=O) groups is 3. The highest BCUT2D eigenvalue weighted by molar-refractivity contribution is 7.18. The number of hydrogen-bond acceptors (Lipinski definition) is 8. The molecule has 1 aromatic carbocycles. The Morgan fingerprint density at radius 3 is 2.81 bits per heavy atom. The molecule has 9 nitrogen and oxygen atoms in total. The van der Waals surface area contributed by atoms with Gasteiger partial charge in [0.1, 0.15) is 11.1 Å². The van der Waals surface area contributed by atoms with Crippen LogP contribution in [0.15, 0.2) is 47.3 Å². The number of rotatable bonds is 4. The van der Waals surface area contributed by atoms with Crippen LogP contribution >= 0.6 is 22.9 Å². The number of halogens is 1. The van der Waals surface area contributed by atoms with Gasteiger partial charge in [0, 0.05) is 10.9 Å². The van der Waals surface area contributed by atoms with E-state index in [9.17, 15) is 14.4 Å². The summed E-state index contributed by atoms with van der Waals surface area (Å²) in [6, 6.07) is 9.33. The molecule has 2 aliphatic rings. The zero-order valence-corrected chi connectivity index (χ0v) is 17.7. The summed E-state index contributed by atoms with van der Waals surface area (Å²) in [5, 5.41) is 14.7. The number of ether oxygens (including phenoxy) is 1. The molecule has 1 aromatic heterocycles. The summed E-state index contributed by atoms with van der Waals surface area (Å²) >= 11 is 7.30. The Morgan fingerprint density at radius 2 is 2.00 bits per heavy atom. The third-order valence-electron chi connectivity index (χ3n) is 4.96. The highest BCUT2D eigenvalue weighted by Crippen LogP contribution is 2.34. The Morgan fingerprint density at radius 1 is 1.19 bits per heavy atom. The molecule has 0 radical (unpaired) electrons. The Labute approximate surface area is 186 Å². The molecule has 1 fully saturated rings. The highest BCUT2D eigenvalue weighted by atomic mass is 35.5. The SMILES string of the molecule is O=C(N/N=C/C1=COC2CCC(Cl)CC2C1=O)C(=O)Nc1nnc(-c2ccccc2)s1. The zero-order chi connectivity index (χ0) is 21.8. The van der Waals surface area contributed by atoms with Crippen molar-refractivity contribution in [2.24, 2.45) is 11.0 Å². The summed E-state index contributed by atoms with van der Waals surface area (Å²) in [6.45, 7) is 0. The number of amides is 2. The summed E-state index contributed by atoms with van der Waals surface area (Å²) < 4.78 is 5.60. The molecular weight excluding hydrogens is 442 g/mol. The second-order valence-corrected chi connectivity index (χ2v) is 8.66. The number of nitrogens with one attached hydrogen (secondary N) is 2. The number of nitrogens with zero attached hydrogens (tertiary/aromatic N) is 3. The molecule has 0 saturated heterocycles. The van der Waals surface area contributed by atoms with Crippen LogP contribution in [-0.2, 0) is 19.1 Å². The van der Waals surface area contributed by atoms with Crippen LogP contribution in [0, 0.1) is 5.92 Å². The van der Waals surface area contributed by atoms with Gasteiger partial charge in [0.15, 0.2) is 5.78 Å². The lowest BCUT2D eigenvalue weighted by Gasteiger charge is -2.35. The van der Waals surface area contributed by atoms with Gasteiger partial charge in [0.2, 0.25) is 5.13 Å². The molecule has 2 N–H and O–H groups in total. The number of ketones is 1. The average molecular weight is 460 g/mol. The van der Waals surface area contributed by atoms with Gasteiger partial charge in [-0.05, 0) is 19.3 Å². The molecular formula is C20H18ClN5O4S. The first-order valence-electron chi connectivity index (χ1n) is 9.58. The van der Waals surface area contributed by atoms with E-state index >= 15 is 0 Å². The van der Waals surface area contributed by atoms with E-state index in [1.165, 1.54) is 12.5 Å². The van der Waals surface area contributed by atoms with Crippen molar-refractivity contribution >= 4 is 51.9 Å². The number of alkyl halides is 1. The van der Waals surface area contributed by atoms with E-state index in [1.807, 2.05) is 30.3 Å². The van der Waals surface area contributed by atoms with Crippen LogP contribution in [0.4, 0.5) is 5.13 Å². The summed E-state index contributed by atoms with van der Waals surface area (Å²) in [4.78, 5) is 36.6. The van der Waals surface area contributed by atoms with E-state index < -0.39 is 11.8 Å². The average Bonchev–Trinajstić information content (AvgIpc) is 3.24. The van der Waals surface area contributed by atoms with Crippen molar-refractivity contribution in [3.05, 3.63) is 42.2 Å². The molecule has 2 amide bonds. The quantitative estimate of drug-likeness (QED) is 0.313. The maximum atomic E-state index is 12.6. The normalized spacial score (nSPS) is 22.9. The van der Waals surface area contributed by atoms with Crippen LogP contribution in [0.25, 0.3) is 10.6 Å². The van der Waals surface area contributed by atoms with Gasteiger partial charge < -0.3 is 4.74 Å². The minimum absolute atomic E-state index is 0.0590. The van der Waals surface area contributed by atoms with Gasteiger partial charge in [-0.3, -0.25) is 19.7 Å². The predicted molar refractivity (Wildman–Crippen MR) is 116 cm³/mol. The molecule has 160 valence electrons. The molecule has 4 rings (SSSR count). The molecule has 2 aromatic rings. The van der Waals surface area contributed by atoms with Crippen LogP contribution < -0.4 is 10.7 Å². The molecule has 1 saturated carbocycles. The van der Waals surface area contributed by atoms with Crippen LogP contribution in [0.3, 0.4) is 0 Å². The smallest absolute Gasteiger partial charge is 0.329 e. The topological polar surface area (TPSA) is 123 Å². The fourth-order valence-corrected chi connectivity index (χ4v) is 4.46. The van der Waals surface area contributed by atoms with Crippen LogP contribution in [0.5, 0.6) is 0 Å². The Hall–Kier alpha value is -3.11. The number of aromatic nitrogens is 2. The van der Waals surface area contributed by atoms with Gasteiger partial charge in [0.05, 0.1) is 24.0 Å². The van der Waals surface area contributed by atoms with Gasteiger partial charge in [-0.25, -0.2) is 5.43 Å². The molecule has 0 bridgehead atoms. The van der Waals surface area contributed by atoms with Gasteiger partial charge in [-0.2, -0.15) is 5.10 Å². The van der Waals surface area contributed by atoms with E-state index in [0.717, 1.165) is 29.7 Å². The van der Waals surface area contributed by atoms with E-state index in [0.29, 0.717) is 11.4 Å². The fourth-order valence-electron chi connectivity index (χ4n) is 3.39. The standard InChI is InChI=1S/C20H18ClN5O4S/c21-13-6-7-15-14(8-13)16(27)12(10-30-15)9-22-24-18(29)17(28)23-20-26-25-19(31-20)11-4-2-1-3-5-11/h1-5,9-10,13-15H,6-8H2,(H,24,29)(H,23,26,28)/b22-9+. The monoisotopic (exact) mass is 459 g/mol. The lowest BCUT2D eigenvalue weighted by atomic mass is 9.80. The van der Waals surface area contributed by atoms with Crippen molar-refractivity contribution in [2.45, 2.75) is 30.7 Å². The molecule has 3 unspecified atom stereocenters. The number of allylic oxidation sites excluding steroid dienone is 1. The van der Waals surface area contributed by atoms with Gasteiger partial charge in [0.25, 0.3) is 0 Å². The highest BCUT2D eigenvalue weighted by Gasteiger charge is 2.39. The van der Waals surface area contributed by atoms with Gasteiger partial charge in [-0.1, -0.05) is 41.7 Å². The largest absolute Gasteiger partial charge is 0.496 e. The number of hydrogen-bond donors (Lipinski definition) is 2. The Kier molecular flexibility index (Phi) is 6.38. The lowest BCUT2D eigenvalue weighted by molar-refractivity contribution is -0.136. The van der Waals surface area contributed by atoms with E-state index in [2.05, 4.69) is 26.0 Å². The van der Waals surface area contributed by atoms with Crippen LogP contribution in [0.1, 0.15) is 19.3 Å². The zero-order valence-electron chi connectivity index (χ0n) is 16.2. The Balaban J connectivity index is 1.31. The molecule has 11 heteroatoms. The van der Waals surface area contributed by atoms with Crippen molar-refractivity contribution in [3.63, 3.8) is 0 Å². The Bertz CT molecular complexity index is 1050. The number of hydrazone groups is 1. The van der Waals surface area contributed by atoms with E-state index in [4.69, 9.17) is 16.3 Å². The van der Waals surface area contributed by atoms with Crippen molar-refractivity contribution < 1.29 is 19.1 Å². The predicted octanol–water partition coefficient (Wildman–Crippen LogP) is 2.50. The first-order valence-corrected chi connectivity index (χ1v) is 10.8. The summed E-state index contributed by atoms with van der Waals surface area (Å²) in [7, 11) is 0. The maximum Gasteiger partial charge on any atom is 0.329 e. The van der Waals surface area contributed by atoms with Crippen molar-refractivity contribution in [2.75, 3.05) is 5.32 Å². The summed E-state index contributed by atoms with van der Waals surface area (Å²) in [5.74, 6) is -2.41. The second kappa shape index (κ2) is 9.36. The van der Waals surface area contributed by atoms with E-state index in [-0.39, 0.29) is 33.9 Å². The maximum absolute atomic E-state index is 12.6. The number of fused-ring (bicyclic) bond motifs is 1. The number of anilines is 1. The molecule has 3 atom stereocenters. The molecule has 2 heterocycles. The molecule has 31 heavy (non-hydrogen) atoms. The van der Waals surface area contributed by atoms with Crippen molar-refractivity contribution in [3.8, 4) is 10.6 Å². The fraction of sp³-hybridized carbons (Fsp3) is 0.300. The van der Waals surface area contributed by atoms with Gasteiger partial charge >= 0.3 is 11.8 Å². The first-order chi connectivity index (χ1) is 15.0.